The van der Waals surface area contributed by atoms with Crippen molar-refractivity contribution in [2.75, 3.05) is 6.61 Å². The summed E-state index contributed by atoms with van der Waals surface area (Å²) >= 11 is 0. The first-order chi connectivity index (χ1) is 14.3. The lowest BCUT2D eigenvalue weighted by atomic mass is 9.83. The predicted molar refractivity (Wildman–Crippen MR) is 109 cm³/mol. The third kappa shape index (κ3) is 4.48. The zero-order valence-electron chi connectivity index (χ0n) is 17.0. The fraction of sp³-hybridized carbons (Fsp3) is 0.250. The number of aryl methyl sites for hydroxylation is 1. The summed E-state index contributed by atoms with van der Waals surface area (Å²) in [6.07, 6.45) is 1.51. The summed E-state index contributed by atoms with van der Waals surface area (Å²) in [4.78, 5) is 27.1. The highest BCUT2D eigenvalue weighted by molar-refractivity contribution is 5.95. The first kappa shape index (κ1) is 21.4. The Morgan fingerprint density at radius 3 is 2.53 bits per heavy atom. The molecule has 0 aromatic heterocycles. The SMILES string of the molecule is C=CCOC(=O)C1=C(C)N(Cc2ccc(F)cc2F)C(=O)CC1c1ccc(C)cc1. The van der Waals surface area contributed by atoms with Crippen LogP contribution in [-0.2, 0) is 20.9 Å². The molecule has 1 amide bonds. The second-order valence-corrected chi connectivity index (χ2v) is 7.27. The molecule has 2 aromatic rings. The molecule has 0 aliphatic carbocycles. The van der Waals surface area contributed by atoms with E-state index in [1.165, 1.54) is 17.0 Å². The van der Waals surface area contributed by atoms with Crippen molar-refractivity contribution in [3.8, 4) is 0 Å². The molecule has 0 radical (unpaired) electrons. The summed E-state index contributed by atoms with van der Waals surface area (Å²) in [6, 6.07) is 10.8. The average Bonchev–Trinajstić information content (AvgIpc) is 2.71. The van der Waals surface area contributed by atoms with Gasteiger partial charge < -0.3 is 9.64 Å². The Morgan fingerprint density at radius 1 is 1.20 bits per heavy atom. The summed E-state index contributed by atoms with van der Waals surface area (Å²) in [5.41, 5.74) is 2.80. The predicted octanol–water partition coefficient (Wildman–Crippen LogP) is 4.79. The van der Waals surface area contributed by atoms with E-state index in [1.807, 2.05) is 31.2 Å². The number of allylic oxidation sites excluding steroid dienone is 1. The molecule has 0 saturated heterocycles. The van der Waals surface area contributed by atoms with Crippen molar-refractivity contribution in [3.05, 3.63) is 94.7 Å². The van der Waals surface area contributed by atoms with Crippen molar-refractivity contribution >= 4 is 11.9 Å². The molecule has 1 heterocycles. The van der Waals surface area contributed by atoms with Crippen LogP contribution in [0.25, 0.3) is 0 Å². The van der Waals surface area contributed by atoms with Crippen LogP contribution in [-0.4, -0.2) is 23.4 Å². The number of carbonyl (C=O) groups excluding carboxylic acids is 2. The van der Waals surface area contributed by atoms with E-state index in [-0.39, 0.29) is 31.0 Å². The van der Waals surface area contributed by atoms with Crippen LogP contribution in [0.2, 0.25) is 0 Å². The number of hydrogen-bond acceptors (Lipinski definition) is 3. The van der Waals surface area contributed by atoms with Gasteiger partial charge in [0.1, 0.15) is 18.2 Å². The monoisotopic (exact) mass is 411 g/mol. The Morgan fingerprint density at radius 2 is 1.90 bits per heavy atom. The standard InChI is InChI=1S/C24H23F2NO3/c1-4-11-30-24(29)23-16(3)27(14-18-9-10-19(25)12-21(18)26)22(28)13-20(23)17-7-5-15(2)6-8-17/h4-10,12,20H,1,11,13-14H2,2-3H3. The molecule has 4 nitrogen and oxygen atoms in total. The van der Waals surface area contributed by atoms with Gasteiger partial charge in [0, 0.05) is 29.7 Å². The molecule has 0 bridgehead atoms. The lowest BCUT2D eigenvalue weighted by Crippen LogP contribution is -2.38. The first-order valence-corrected chi connectivity index (χ1v) is 9.61. The van der Waals surface area contributed by atoms with Gasteiger partial charge in [0.2, 0.25) is 5.91 Å². The minimum atomic E-state index is -0.743. The zero-order valence-corrected chi connectivity index (χ0v) is 17.0. The molecule has 1 atom stereocenters. The number of halogens is 2. The van der Waals surface area contributed by atoms with Crippen LogP contribution in [0.4, 0.5) is 8.78 Å². The van der Waals surface area contributed by atoms with Crippen LogP contribution in [0.5, 0.6) is 0 Å². The van der Waals surface area contributed by atoms with Gasteiger partial charge in [-0.25, -0.2) is 13.6 Å². The fourth-order valence-corrected chi connectivity index (χ4v) is 3.58. The fourth-order valence-electron chi connectivity index (χ4n) is 3.58. The highest BCUT2D eigenvalue weighted by Gasteiger charge is 2.37. The normalized spacial score (nSPS) is 16.6. The van der Waals surface area contributed by atoms with Crippen LogP contribution in [0, 0.1) is 18.6 Å². The number of ether oxygens (including phenoxy) is 1. The lowest BCUT2D eigenvalue weighted by molar-refractivity contribution is -0.139. The van der Waals surface area contributed by atoms with Crippen molar-refractivity contribution in [2.24, 2.45) is 0 Å². The van der Waals surface area contributed by atoms with Crippen molar-refractivity contribution in [3.63, 3.8) is 0 Å². The van der Waals surface area contributed by atoms with Gasteiger partial charge in [-0.1, -0.05) is 48.6 Å². The molecule has 0 saturated carbocycles. The minimum absolute atomic E-state index is 0.0385. The number of hydrogen-bond donors (Lipinski definition) is 0. The first-order valence-electron chi connectivity index (χ1n) is 9.61. The maximum Gasteiger partial charge on any atom is 0.336 e. The molecule has 1 aliphatic heterocycles. The third-order valence-electron chi connectivity index (χ3n) is 5.20. The Balaban J connectivity index is 2.03. The number of rotatable bonds is 6. The lowest BCUT2D eigenvalue weighted by Gasteiger charge is -2.34. The summed E-state index contributed by atoms with van der Waals surface area (Å²) in [5, 5.41) is 0. The second kappa shape index (κ2) is 9.03. The molecule has 6 heteroatoms. The van der Waals surface area contributed by atoms with Gasteiger partial charge in [-0.3, -0.25) is 4.79 Å². The number of benzene rings is 2. The molecule has 30 heavy (non-hydrogen) atoms. The largest absolute Gasteiger partial charge is 0.458 e. The Hall–Kier alpha value is -3.28. The summed E-state index contributed by atoms with van der Waals surface area (Å²) < 4.78 is 32.7. The molecule has 0 N–H and O–H groups in total. The smallest absolute Gasteiger partial charge is 0.336 e. The van der Waals surface area contributed by atoms with E-state index in [2.05, 4.69) is 6.58 Å². The molecule has 156 valence electrons. The molecule has 1 unspecified atom stereocenters. The highest BCUT2D eigenvalue weighted by Crippen LogP contribution is 2.38. The maximum absolute atomic E-state index is 14.2. The van der Waals surface area contributed by atoms with Crippen LogP contribution in [0.15, 0.2) is 66.4 Å². The summed E-state index contributed by atoms with van der Waals surface area (Å²) in [5.74, 6) is -2.70. The minimum Gasteiger partial charge on any atom is -0.458 e. The molecular formula is C24H23F2NO3. The van der Waals surface area contributed by atoms with Gasteiger partial charge >= 0.3 is 5.97 Å². The maximum atomic E-state index is 14.2. The van der Waals surface area contributed by atoms with E-state index in [0.717, 1.165) is 23.3 Å². The third-order valence-corrected chi connectivity index (χ3v) is 5.20. The van der Waals surface area contributed by atoms with Gasteiger partial charge in [-0.2, -0.15) is 0 Å². The summed E-state index contributed by atoms with van der Waals surface area (Å²) in [7, 11) is 0. The van der Waals surface area contributed by atoms with Crippen LogP contribution in [0.1, 0.15) is 36.0 Å². The van der Waals surface area contributed by atoms with Crippen molar-refractivity contribution in [1.29, 1.82) is 0 Å². The van der Waals surface area contributed by atoms with Crippen molar-refractivity contribution < 1.29 is 23.1 Å². The number of amides is 1. The van der Waals surface area contributed by atoms with E-state index in [0.29, 0.717) is 11.3 Å². The Bertz CT molecular complexity index is 1010. The van der Waals surface area contributed by atoms with E-state index in [4.69, 9.17) is 4.74 Å². The average molecular weight is 411 g/mol. The molecule has 0 fully saturated rings. The van der Waals surface area contributed by atoms with Gasteiger partial charge in [-0.15, -0.1) is 0 Å². The van der Waals surface area contributed by atoms with Crippen molar-refractivity contribution in [2.45, 2.75) is 32.7 Å². The molecular weight excluding hydrogens is 388 g/mol. The highest BCUT2D eigenvalue weighted by atomic mass is 19.1. The van der Waals surface area contributed by atoms with Gasteiger partial charge in [0.15, 0.2) is 0 Å². The number of nitrogens with zero attached hydrogens (tertiary/aromatic N) is 1. The molecule has 3 rings (SSSR count). The Kier molecular flexibility index (Phi) is 6.45. The van der Waals surface area contributed by atoms with E-state index in [1.54, 1.807) is 6.92 Å². The summed E-state index contributed by atoms with van der Waals surface area (Å²) in [6.45, 7) is 7.09. The van der Waals surface area contributed by atoms with Gasteiger partial charge in [0.25, 0.3) is 0 Å². The van der Waals surface area contributed by atoms with Crippen molar-refractivity contribution in [1.82, 2.24) is 4.90 Å². The molecule has 1 aliphatic rings. The van der Waals surface area contributed by atoms with Crippen LogP contribution >= 0.6 is 0 Å². The second-order valence-electron chi connectivity index (χ2n) is 7.27. The number of carbonyl (C=O) groups is 2. The topological polar surface area (TPSA) is 46.6 Å². The van der Waals surface area contributed by atoms with E-state index in [9.17, 15) is 18.4 Å². The quantitative estimate of drug-likeness (QED) is 0.507. The zero-order chi connectivity index (χ0) is 21.8. The van der Waals surface area contributed by atoms with Gasteiger partial charge in [-0.05, 0) is 25.5 Å². The Labute approximate surface area is 174 Å². The van der Waals surface area contributed by atoms with E-state index < -0.39 is 23.5 Å². The number of esters is 1. The molecule has 0 spiro atoms. The van der Waals surface area contributed by atoms with Gasteiger partial charge in [0.05, 0.1) is 12.1 Å². The van der Waals surface area contributed by atoms with Crippen LogP contribution < -0.4 is 0 Å². The van der Waals surface area contributed by atoms with Crippen LogP contribution in [0.3, 0.4) is 0 Å². The molecule has 2 aromatic carbocycles. The van der Waals surface area contributed by atoms with E-state index >= 15 is 0 Å².